The molecule has 2 aliphatic rings. The molecule has 1 saturated heterocycles. The van der Waals surface area contributed by atoms with Gasteiger partial charge in [0.05, 0.1) is 34.4 Å². The Labute approximate surface area is 193 Å². The van der Waals surface area contributed by atoms with Crippen molar-refractivity contribution in [3.63, 3.8) is 0 Å². The van der Waals surface area contributed by atoms with Gasteiger partial charge in [0.15, 0.2) is 0 Å². The second-order valence-corrected chi connectivity index (χ2v) is 9.66. The largest absolute Gasteiger partial charge is 0.378 e. The number of nitrogens with zero attached hydrogens (tertiary/aromatic N) is 3. The summed E-state index contributed by atoms with van der Waals surface area (Å²) in [6.07, 6.45) is 6.00. The summed E-state index contributed by atoms with van der Waals surface area (Å²) in [5.74, 6) is 0.276. The van der Waals surface area contributed by atoms with Crippen LogP contribution < -0.4 is 4.90 Å². The molecular formula is C26H29N3O2S. The molecule has 1 aromatic heterocycles. The summed E-state index contributed by atoms with van der Waals surface area (Å²) in [4.78, 5) is 22.8. The minimum Gasteiger partial charge on any atom is -0.378 e. The van der Waals surface area contributed by atoms with Crippen LogP contribution in [-0.2, 0) is 16.1 Å². The first-order chi connectivity index (χ1) is 15.7. The zero-order valence-electron chi connectivity index (χ0n) is 18.4. The molecule has 0 bridgehead atoms. The van der Waals surface area contributed by atoms with Gasteiger partial charge in [-0.25, -0.2) is 4.98 Å². The standard InChI is InChI=1S/C26H29N3O2S/c1-28(18-19-8-2-6-12-23(19)29-14-16-31-17-15-29)26(30)21-10-4-3-9-20(21)25-27-22-11-5-7-13-24(22)32-25/h2-8,11-13,20-21H,9-10,14-18H2,1H3/t20-,21-/m0/s1. The molecule has 6 heteroatoms. The summed E-state index contributed by atoms with van der Waals surface area (Å²) >= 11 is 1.73. The van der Waals surface area contributed by atoms with E-state index in [-0.39, 0.29) is 17.7 Å². The highest BCUT2D eigenvalue weighted by Crippen LogP contribution is 2.39. The van der Waals surface area contributed by atoms with Gasteiger partial charge in [0.1, 0.15) is 0 Å². The SMILES string of the molecule is CN(Cc1ccccc1N1CCOCC1)C(=O)[C@H]1CC=CC[C@@H]1c1nc2ccccc2s1. The van der Waals surface area contributed by atoms with Crippen molar-refractivity contribution in [1.82, 2.24) is 9.88 Å². The van der Waals surface area contributed by atoms with E-state index in [2.05, 4.69) is 53.5 Å². The van der Waals surface area contributed by atoms with Crippen LogP contribution in [0.25, 0.3) is 10.2 Å². The second kappa shape index (κ2) is 9.43. The molecule has 5 rings (SSSR count). The van der Waals surface area contributed by atoms with Crippen molar-refractivity contribution in [3.8, 4) is 0 Å². The zero-order chi connectivity index (χ0) is 21.9. The molecular weight excluding hydrogens is 418 g/mol. The molecule has 2 atom stereocenters. The number of rotatable bonds is 5. The van der Waals surface area contributed by atoms with Crippen LogP contribution in [0.3, 0.4) is 0 Å². The van der Waals surface area contributed by atoms with E-state index in [0.717, 1.165) is 49.7 Å². The summed E-state index contributed by atoms with van der Waals surface area (Å²) in [7, 11) is 1.94. The fourth-order valence-corrected chi connectivity index (χ4v) is 5.93. The first-order valence-electron chi connectivity index (χ1n) is 11.4. The number of aromatic nitrogens is 1. The number of hydrogen-bond donors (Lipinski definition) is 0. The maximum Gasteiger partial charge on any atom is 0.226 e. The molecule has 1 amide bonds. The summed E-state index contributed by atoms with van der Waals surface area (Å²) < 4.78 is 6.71. The van der Waals surface area contributed by atoms with E-state index in [1.54, 1.807) is 11.3 Å². The van der Waals surface area contributed by atoms with Crippen LogP contribution in [0.15, 0.2) is 60.7 Å². The van der Waals surface area contributed by atoms with Crippen LogP contribution in [0, 0.1) is 5.92 Å². The van der Waals surface area contributed by atoms with Crippen LogP contribution in [0.5, 0.6) is 0 Å². The smallest absolute Gasteiger partial charge is 0.226 e. The Morgan fingerprint density at radius 2 is 1.84 bits per heavy atom. The quantitative estimate of drug-likeness (QED) is 0.525. The number of carbonyl (C=O) groups is 1. The van der Waals surface area contributed by atoms with E-state index in [4.69, 9.17) is 9.72 Å². The van der Waals surface area contributed by atoms with Crippen molar-refractivity contribution < 1.29 is 9.53 Å². The lowest BCUT2D eigenvalue weighted by Crippen LogP contribution is -2.38. The summed E-state index contributed by atoms with van der Waals surface area (Å²) in [6.45, 7) is 3.89. The van der Waals surface area contributed by atoms with Gasteiger partial charge in [-0.2, -0.15) is 0 Å². The van der Waals surface area contributed by atoms with Crippen LogP contribution in [0.2, 0.25) is 0 Å². The van der Waals surface area contributed by atoms with Crippen LogP contribution in [-0.4, -0.2) is 49.1 Å². The van der Waals surface area contributed by atoms with Crippen molar-refractivity contribution >= 4 is 33.1 Å². The number of benzene rings is 2. The molecule has 0 unspecified atom stereocenters. The fraction of sp³-hybridized carbons (Fsp3) is 0.385. The third kappa shape index (κ3) is 4.30. The van der Waals surface area contributed by atoms with E-state index in [1.165, 1.54) is 16.0 Å². The molecule has 2 heterocycles. The van der Waals surface area contributed by atoms with E-state index in [0.29, 0.717) is 6.54 Å². The number of ether oxygens (including phenoxy) is 1. The lowest BCUT2D eigenvalue weighted by atomic mass is 9.82. The van der Waals surface area contributed by atoms with Gasteiger partial charge < -0.3 is 14.5 Å². The minimum absolute atomic E-state index is 0.0684. The Morgan fingerprint density at radius 1 is 1.09 bits per heavy atom. The van der Waals surface area contributed by atoms with Gasteiger partial charge in [0, 0.05) is 38.3 Å². The molecule has 1 aliphatic heterocycles. The first kappa shape index (κ1) is 21.2. The summed E-state index contributed by atoms with van der Waals surface area (Å²) in [5, 5.41) is 1.08. The van der Waals surface area contributed by atoms with E-state index < -0.39 is 0 Å². The predicted molar refractivity (Wildman–Crippen MR) is 130 cm³/mol. The third-order valence-electron chi connectivity index (χ3n) is 6.50. The lowest BCUT2D eigenvalue weighted by Gasteiger charge is -2.33. The van der Waals surface area contributed by atoms with Gasteiger partial charge in [-0.15, -0.1) is 11.3 Å². The molecule has 0 spiro atoms. The van der Waals surface area contributed by atoms with Crippen molar-refractivity contribution in [2.45, 2.75) is 25.3 Å². The lowest BCUT2D eigenvalue weighted by molar-refractivity contribution is -0.135. The average Bonchev–Trinajstić information content (AvgIpc) is 3.29. The maximum absolute atomic E-state index is 13.6. The molecule has 0 radical (unpaired) electrons. The van der Waals surface area contributed by atoms with Crippen molar-refractivity contribution in [1.29, 1.82) is 0 Å². The van der Waals surface area contributed by atoms with E-state index in [1.807, 2.05) is 24.1 Å². The fourth-order valence-electron chi connectivity index (χ4n) is 4.78. The van der Waals surface area contributed by atoms with Gasteiger partial charge in [-0.3, -0.25) is 4.79 Å². The second-order valence-electron chi connectivity index (χ2n) is 8.60. The predicted octanol–water partition coefficient (Wildman–Crippen LogP) is 4.84. The number of hydrogen-bond acceptors (Lipinski definition) is 5. The molecule has 5 nitrogen and oxygen atoms in total. The maximum atomic E-state index is 13.6. The van der Waals surface area contributed by atoms with Gasteiger partial charge in [-0.05, 0) is 36.6 Å². The normalized spacial score (nSPS) is 21.1. The highest BCUT2D eigenvalue weighted by molar-refractivity contribution is 7.18. The number of para-hydroxylation sites is 2. The Balaban J connectivity index is 1.35. The van der Waals surface area contributed by atoms with Crippen molar-refractivity contribution in [2.24, 2.45) is 5.92 Å². The average molecular weight is 448 g/mol. The Kier molecular flexibility index (Phi) is 6.23. The van der Waals surface area contributed by atoms with Gasteiger partial charge >= 0.3 is 0 Å². The van der Waals surface area contributed by atoms with Gasteiger partial charge in [-0.1, -0.05) is 42.5 Å². The molecule has 32 heavy (non-hydrogen) atoms. The highest BCUT2D eigenvalue weighted by Gasteiger charge is 2.34. The zero-order valence-corrected chi connectivity index (χ0v) is 19.3. The topological polar surface area (TPSA) is 45.7 Å². The third-order valence-corrected chi connectivity index (χ3v) is 7.67. The van der Waals surface area contributed by atoms with E-state index in [9.17, 15) is 4.79 Å². The highest BCUT2D eigenvalue weighted by atomic mass is 32.1. The molecule has 1 aliphatic carbocycles. The first-order valence-corrected chi connectivity index (χ1v) is 12.2. The minimum atomic E-state index is -0.0684. The number of morpholine rings is 1. The number of amides is 1. The number of anilines is 1. The van der Waals surface area contributed by atoms with Crippen molar-refractivity contribution in [3.05, 3.63) is 71.3 Å². The van der Waals surface area contributed by atoms with Crippen molar-refractivity contribution in [2.75, 3.05) is 38.3 Å². The molecule has 0 N–H and O–H groups in total. The van der Waals surface area contributed by atoms with Gasteiger partial charge in [0.25, 0.3) is 0 Å². The Hall–Kier alpha value is -2.70. The molecule has 3 aromatic rings. The van der Waals surface area contributed by atoms with E-state index >= 15 is 0 Å². The van der Waals surface area contributed by atoms with Crippen LogP contribution in [0.4, 0.5) is 5.69 Å². The molecule has 0 saturated carbocycles. The Bertz CT molecular complexity index is 1090. The molecule has 1 fully saturated rings. The summed E-state index contributed by atoms with van der Waals surface area (Å²) in [5.41, 5.74) is 3.43. The molecule has 2 aromatic carbocycles. The monoisotopic (exact) mass is 447 g/mol. The number of fused-ring (bicyclic) bond motifs is 1. The van der Waals surface area contributed by atoms with Gasteiger partial charge in [0.2, 0.25) is 5.91 Å². The number of allylic oxidation sites excluding steroid dienone is 2. The summed E-state index contributed by atoms with van der Waals surface area (Å²) in [6, 6.07) is 16.7. The Morgan fingerprint density at radius 3 is 2.69 bits per heavy atom. The van der Waals surface area contributed by atoms with Crippen LogP contribution >= 0.6 is 11.3 Å². The van der Waals surface area contributed by atoms with Crippen LogP contribution in [0.1, 0.15) is 29.3 Å². The number of carbonyl (C=O) groups excluding carboxylic acids is 1. The number of thiazole rings is 1. The molecule has 166 valence electrons.